The SMILES string of the molecule is CCCN1C(=O)S/C(=C\c2ccccc2I)C1=O. The molecule has 0 N–H and O–H groups in total. The second-order valence-corrected chi connectivity index (χ2v) is 6.01. The summed E-state index contributed by atoms with van der Waals surface area (Å²) in [4.78, 5) is 25.5. The predicted octanol–water partition coefficient (Wildman–Crippen LogP) is 3.74. The maximum atomic E-state index is 12.0. The van der Waals surface area contributed by atoms with Crippen molar-refractivity contribution in [2.75, 3.05) is 6.54 Å². The fourth-order valence-corrected chi connectivity index (χ4v) is 3.05. The number of halogens is 1. The first-order chi connectivity index (χ1) is 8.63. The molecule has 0 aromatic heterocycles. The highest BCUT2D eigenvalue weighted by atomic mass is 127. The van der Waals surface area contributed by atoms with Crippen molar-refractivity contribution in [2.24, 2.45) is 0 Å². The van der Waals surface area contributed by atoms with Crippen LogP contribution in [0.25, 0.3) is 6.08 Å². The zero-order valence-corrected chi connectivity index (χ0v) is 12.8. The normalized spacial score (nSPS) is 17.9. The number of carbonyl (C=O) groups excluding carboxylic acids is 2. The third-order valence-corrected chi connectivity index (χ3v) is 4.40. The Labute approximate surface area is 124 Å². The predicted molar refractivity (Wildman–Crippen MR) is 82.1 cm³/mol. The molecule has 0 unspecified atom stereocenters. The monoisotopic (exact) mass is 373 g/mol. The van der Waals surface area contributed by atoms with E-state index in [1.165, 1.54) is 4.90 Å². The maximum absolute atomic E-state index is 12.0. The lowest BCUT2D eigenvalue weighted by Crippen LogP contribution is -2.28. The number of thioether (sulfide) groups is 1. The zero-order valence-electron chi connectivity index (χ0n) is 9.85. The first-order valence-electron chi connectivity index (χ1n) is 5.63. The van der Waals surface area contributed by atoms with E-state index in [0.717, 1.165) is 27.3 Å². The van der Waals surface area contributed by atoms with E-state index in [1.807, 2.05) is 31.2 Å². The molecule has 1 saturated heterocycles. The fraction of sp³-hybridized carbons (Fsp3) is 0.231. The average Bonchev–Trinajstić information content (AvgIpc) is 2.60. The van der Waals surface area contributed by atoms with E-state index in [4.69, 9.17) is 0 Å². The smallest absolute Gasteiger partial charge is 0.268 e. The number of amides is 2. The highest BCUT2D eigenvalue weighted by molar-refractivity contribution is 14.1. The maximum Gasteiger partial charge on any atom is 0.293 e. The summed E-state index contributed by atoms with van der Waals surface area (Å²) in [6.07, 6.45) is 2.58. The summed E-state index contributed by atoms with van der Waals surface area (Å²) in [6, 6.07) is 7.78. The van der Waals surface area contributed by atoms with Crippen molar-refractivity contribution in [3.8, 4) is 0 Å². The molecule has 0 atom stereocenters. The Hall–Kier alpha value is -0.820. The van der Waals surface area contributed by atoms with Crippen LogP contribution >= 0.6 is 34.4 Å². The van der Waals surface area contributed by atoms with Gasteiger partial charge in [0.1, 0.15) is 0 Å². The first-order valence-corrected chi connectivity index (χ1v) is 7.53. The minimum Gasteiger partial charge on any atom is -0.268 e. The largest absolute Gasteiger partial charge is 0.293 e. The Balaban J connectivity index is 2.28. The summed E-state index contributed by atoms with van der Waals surface area (Å²) in [5.74, 6) is -0.175. The van der Waals surface area contributed by atoms with Gasteiger partial charge in [0, 0.05) is 10.1 Å². The van der Waals surface area contributed by atoms with Crippen molar-refractivity contribution in [1.82, 2.24) is 4.90 Å². The van der Waals surface area contributed by atoms with Crippen LogP contribution in [0, 0.1) is 3.57 Å². The van der Waals surface area contributed by atoms with Crippen molar-refractivity contribution >= 4 is 51.6 Å². The Morgan fingerprint density at radius 2 is 2.06 bits per heavy atom. The van der Waals surface area contributed by atoms with E-state index in [2.05, 4.69) is 22.6 Å². The van der Waals surface area contributed by atoms with Gasteiger partial charge in [-0.25, -0.2) is 0 Å². The van der Waals surface area contributed by atoms with E-state index >= 15 is 0 Å². The number of carbonyl (C=O) groups is 2. The molecule has 1 fully saturated rings. The summed E-state index contributed by atoms with van der Waals surface area (Å²) in [5, 5.41) is -0.168. The number of benzene rings is 1. The third-order valence-electron chi connectivity index (χ3n) is 2.51. The molecular formula is C13H12INO2S. The molecule has 2 amide bonds. The summed E-state index contributed by atoms with van der Waals surface area (Å²) in [5.41, 5.74) is 0.972. The van der Waals surface area contributed by atoms with Crippen LogP contribution in [-0.2, 0) is 4.79 Å². The van der Waals surface area contributed by atoms with Crippen molar-refractivity contribution in [3.05, 3.63) is 38.3 Å². The molecule has 1 aliphatic heterocycles. The lowest BCUT2D eigenvalue weighted by Gasteiger charge is -2.09. The number of hydrogen-bond donors (Lipinski definition) is 0. The van der Waals surface area contributed by atoms with E-state index < -0.39 is 0 Å². The highest BCUT2D eigenvalue weighted by Crippen LogP contribution is 2.32. The fourth-order valence-electron chi connectivity index (χ4n) is 1.65. The van der Waals surface area contributed by atoms with Crippen LogP contribution in [0.5, 0.6) is 0 Å². The van der Waals surface area contributed by atoms with Gasteiger partial charge in [-0.2, -0.15) is 0 Å². The summed E-state index contributed by atoms with van der Waals surface area (Å²) in [6.45, 7) is 2.45. The van der Waals surface area contributed by atoms with Crippen LogP contribution in [0.15, 0.2) is 29.2 Å². The Morgan fingerprint density at radius 1 is 1.33 bits per heavy atom. The summed E-state index contributed by atoms with van der Waals surface area (Å²) < 4.78 is 1.07. The standard InChI is InChI=1S/C13H12INO2S/c1-2-7-15-12(16)11(18-13(15)17)8-9-5-3-4-6-10(9)14/h3-6,8H,2,7H2,1H3/b11-8-. The van der Waals surface area contributed by atoms with Gasteiger partial charge in [0.15, 0.2) is 0 Å². The number of hydrogen-bond acceptors (Lipinski definition) is 3. The lowest BCUT2D eigenvalue weighted by molar-refractivity contribution is -0.122. The Bertz CT molecular complexity index is 527. The van der Waals surface area contributed by atoms with Crippen LogP contribution in [0.3, 0.4) is 0 Å². The van der Waals surface area contributed by atoms with Gasteiger partial charge in [-0.15, -0.1) is 0 Å². The third kappa shape index (κ3) is 2.77. The van der Waals surface area contributed by atoms with E-state index in [9.17, 15) is 9.59 Å². The lowest BCUT2D eigenvalue weighted by atomic mass is 10.2. The molecule has 1 aromatic carbocycles. The van der Waals surface area contributed by atoms with E-state index in [1.54, 1.807) is 6.08 Å². The molecule has 18 heavy (non-hydrogen) atoms. The molecule has 0 aliphatic carbocycles. The van der Waals surface area contributed by atoms with Gasteiger partial charge in [-0.1, -0.05) is 25.1 Å². The Kier molecular flexibility index (Phi) is 4.45. The second kappa shape index (κ2) is 5.88. The van der Waals surface area contributed by atoms with Crippen LogP contribution in [-0.4, -0.2) is 22.6 Å². The zero-order chi connectivity index (χ0) is 13.1. The number of nitrogens with zero attached hydrogens (tertiary/aromatic N) is 1. The van der Waals surface area contributed by atoms with Crippen LogP contribution < -0.4 is 0 Å². The van der Waals surface area contributed by atoms with Crippen molar-refractivity contribution in [3.63, 3.8) is 0 Å². The number of rotatable bonds is 3. The van der Waals surface area contributed by atoms with E-state index in [0.29, 0.717) is 11.4 Å². The summed E-state index contributed by atoms with van der Waals surface area (Å²) >= 11 is 3.24. The van der Waals surface area contributed by atoms with Gasteiger partial charge in [0.2, 0.25) is 0 Å². The van der Waals surface area contributed by atoms with Crippen molar-refractivity contribution in [1.29, 1.82) is 0 Å². The molecule has 0 bridgehead atoms. The van der Waals surface area contributed by atoms with Crippen LogP contribution in [0.4, 0.5) is 4.79 Å². The van der Waals surface area contributed by atoms with Gasteiger partial charge < -0.3 is 0 Å². The average molecular weight is 373 g/mol. The topological polar surface area (TPSA) is 37.4 Å². The van der Waals surface area contributed by atoms with Gasteiger partial charge in [-0.05, 0) is 58.5 Å². The quantitative estimate of drug-likeness (QED) is 0.599. The Morgan fingerprint density at radius 3 is 2.72 bits per heavy atom. The molecule has 0 radical (unpaired) electrons. The van der Waals surface area contributed by atoms with Crippen LogP contribution in [0.2, 0.25) is 0 Å². The molecule has 0 spiro atoms. The molecule has 94 valence electrons. The van der Waals surface area contributed by atoms with Gasteiger partial charge in [0.05, 0.1) is 4.91 Å². The number of imide groups is 1. The summed E-state index contributed by atoms with van der Waals surface area (Å²) in [7, 11) is 0. The van der Waals surface area contributed by atoms with Crippen molar-refractivity contribution in [2.45, 2.75) is 13.3 Å². The minimum atomic E-state index is -0.175. The molecular weight excluding hydrogens is 361 g/mol. The molecule has 1 aliphatic rings. The van der Waals surface area contributed by atoms with Gasteiger partial charge >= 0.3 is 0 Å². The molecule has 5 heteroatoms. The minimum absolute atomic E-state index is 0.168. The van der Waals surface area contributed by atoms with Gasteiger partial charge in [-0.3, -0.25) is 14.5 Å². The second-order valence-electron chi connectivity index (χ2n) is 3.85. The molecule has 0 saturated carbocycles. The van der Waals surface area contributed by atoms with Gasteiger partial charge in [0.25, 0.3) is 11.1 Å². The molecule has 2 rings (SSSR count). The van der Waals surface area contributed by atoms with E-state index in [-0.39, 0.29) is 11.1 Å². The molecule has 3 nitrogen and oxygen atoms in total. The molecule has 1 heterocycles. The highest BCUT2D eigenvalue weighted by Gasteiger charge is 2.34. The van der Waals surface area contributed by atoms with Crippen molar-refractivity contribution < 1.29 is 9.59 Å². The first kappa shape index (κ1) is 13.6. The molecule has 1 aromatic rings. The van der Waals surface area contributed by atoms with Crippen LogP contribution in [0.1, 0.15) is 18.9 Å².